The molecule has 2 saturated carbocycles. The lowest BCUT2D eigenvalue weighted by Crippen LogP contribution is -2.64. The van der Waals surface area contributed by atoms with Crippen molar-refractivity contribution >= 4 is 22.6 Å². The summed E-state index contributed by atoms with van der Waals surface area (Å²) < 4.78 is 7.58. The van der Waals surface area contributed by atoms with Crippen LogP contribution in [0.3, 0.4) is 0 Å². The number of para-hydroxylation sites is 1. The van der Waals surface area contributed by atoms with E-state index in [1.54, 1.807) is 0 Å². The smallest absolute Gasteiger partial charge is 0.133 e. The van der Waals surface area contributed by atoms with Crippen molar-refractivity contribution in [2.24, 2.45) is 5.41 Å². The fraction of sp³-hybridized carbons (Fsp3) is 0.625. The molecule has 0 radical (unpaired) electrons. The molecule has 104 valence electrons. The fourth-order valence-corrected chi connectivity index (χ4v) is 4.41. The highest BCUT2D eigenvalue weighted by Crippen LogP contribution is 2.53. The number of ether oxygens (including phenoxy) is 1. The maximum absolute atomic E-state index is 6.36. The second-order valence-electron chi connectivity index (χ2n) is 5.91. The average molecular weight is 371 g/mol. The molecule has 3 heteroatoms. The summed E-state index contributed by atoms with van der Waals surface area (Å²) in [5.41, 5.74) is 0.395. The molecule has 2 unspecified atom stereocenters. The first-order valence-electron chi connectivity index (χ1n) is 7.35. The lowest BCUT2D eigenvalue weighted by atomic mass is 9.55. The number of hydrogen-bond donors (Lipinski definition) is 1. The van der Waals surface area contributed by atoms with E-state index in [0.717, 1.165) is 12.2 Å². The Hall–Kier alpha value is -0.290. The molecule has 0 bridgehead atoms. The van der Waals surface area contributed by atoms with Crippen molar-refractivity contribution in [2.45, 2.75) is 50.7 Å². The van der Waals surface area contributed by atoms with Gasteiger partial charge in [0.25, 0.3) is 0 Å². The minimum absolute atomic E-state index is 0.395. The molecule has 1 aromatic rings. The van der Waals surface area contributed by atoms with E-state index < -0.39 is 0 Å². The normalized spacial score (nSPS) is 28.9. The molecule has 0 saturated heterocycles. The third kappa shape index (κ3) is 2.40. The van der Waals surface area contributed by atoms with Gasteiger partial charge in [-0.15, -0.1) is 0 Å². The van der Waals surface area contributed by atoms with Crippen molar-refractivity contribution in [1.29, 1.82) is 0 Å². The van der Waals surface area contributed by atoms with Gasteiger partial charge in [0.05, 0.1) is 3.57 Å². The van der Waals surface area contributed by atoms with Gasteiger partial charge >= 0.3 is 0 Å². The van der Waals surface area contributed by atoms with Gasteiger partial charge in [-0.25, -0.2) is 0 Å². The molecule has 0 amide bonds. The van der Waals surface area contributed by atoms with Crippen molar-refractivity contribution < 1.29 is 4.74 Å². The summed E-state index contributed by atoms with van der Waals surface area (Å²) in [4.78, 5) is 0. The molecular formula is C16H22INO. The Labute approximate surface area is 129 Å². The quantitative estimate of drug-likeness (QED) is 0.812. The molecular weight excluding hydrogens is 349 g/mol. The molecule has 3 rings (SSSR count). The van der Waals surface area contributed by atoms with E-state index in [2.05, 4.69) is 59.2 Å². The molecule has 2 nitrogen and oxygen atoms in total. The molecule has 2 aliphatic rings. The van der Waals surface area contributed by atoms with Crippen molar-refractivity contribution in [3.8, 4) is 5.75 Å². The summed E-state index contributed by atoms with van der Waals surface area (Å²) in [7, 11) is 2.10. The zero-order valence-electron chi connectivity index (χ0n) is 11.5. The molecule has 2 fully saturated rings. The Bertz CT molecular complexity index is 442. The predicted molar refractivity (Wildman–Crippen MR) is 86.6 cm³/mol. The first-order chi connectivity index (χ1) is 9.26. The van der Waals surface area contributed by atoms with Gasteiger partial charge in [-0.1, -0.05) is 31.4 Å². The standard InChI is InChI=1S/C16H22INO/c1-18-14-11-15(16(14)9-5-2-6-10-16)19-13-8-4-3-7-12(13)17/h3-4,7-8,14-15,18H,2,5-6,9-11H2,1H3. The molecule has 1 aromatic carbocycles. The molecule has 0 aromatic heterocycles. The van der Waals surface area contributed by atoms with Crippen LogP contribution in [0.25, 0.3) is 0 Å². The fourth-order valence-electron chi connectivity index (χ4n) is 3.89. The molecule has 2 atom stereocenters. The highest BCUT2D eigenvalue weighted by Gasteiger charge is 2.55. The number of hydrogen-bond acceptors (Lipinski definition) is 2. The molecule has 2 aliphatic carbocycles. The van der Waals surface area contributed by atoms with E-state index in [4.69, 9.17) is 4.74 Å². The van der Waals surface area contributed by atoms with Gasteiger partial charge in [0.2, 0.25) is 0 Å². The number of benzene rings is 1. The van der Waals surface area contributed by atoms with Crippen LogP contribution < -0.4 is 10.1 Å². The number of rotatable bonds is 3. The largest absolute Gasteiger partial charge is 0.489 e. The van der Waals surface area contributed by atoms with Crippen LogP contribution in [0.5, 0.6) is 5.75 Å². The van der Waals surface area contributed by atoms with E-state index >= 15 is 0 Å². The minimum Gasteiger partial charge on any atom is -0.489 e. The second-order valence-corrected chi connectivity index (χ2v) is 7.07. The van der Waals surface area contributed by atoms with Crippen LogP contribution in [-0.2, 0) is 0 Å². The van der Waals surface area contributed by atoms with Crippen molar-refractivity contribution in [3.63, 3.8) is 0 Å². The highest BCUT2D eigenvalue weighted by atomic mass is 127. The van der Waals surface area contributed by atoms with Crippen LogP contribution in [0.1, 0.15) is 38.5 Å². The Morgan fingerprint density at radius 3 is 2.63 bits per heavy atom. The van der Waals surface area contributed by atoms with E-state index in [-0.39, 0.29) is 0 Å². The molecule has 1 spiro atoms. The predicted octanol–water partition coefficient (Wildman–Crippen LogP) is 3.98. The maximum Gasteiger partial charge on any atom is 0.133 e. The van der Waals surface area contributed by atoms with E-state index in [1.807, 2.05) is 0 Å². The van der Waals surface area contributed by atoms with Gasteiger partial charge in [0, 0.05) is 17.9 Å². The van der Waals surface area contributed by atoms with Gasteiger partial charge in [-0.05, 0) is 54.6 Å². The van der Waals surface area contributed by atoms with Gasteiger partial charge in [-0.2, -0.15) is 0 Å². The third-order valence-electron chi connectivity index (χ3n) is 5.02. The Balaban J connectivity index is 1.76. The lowest BCUT2D eigenvalue weighted by molar-refractivity contribution is -0.101. The molecule has 0 aliphatic heterocycles. The van der Waals surface area contributed by atoms with Crippen LogP contribution >= 0.6 is 22.6 Å². The number of halogens is 1. The third-order valence-corrected chi connectivity index (χ3v) is 5.91. The van der Waals surface area contributed by atoms with Gasteiger partial charge < -0.3 is 10.1 Å². The summed E-state index contributed by atoms with van der Waals surface area (Å²) in [5.74, 6) is 1.06. The summed E-state index contributed by atoms with van der Waals surface area (Å²) in [6.07, 6.45) is 8.34. The summed E-state index contributed by atoms with van der Waals surface area (Å²) >= 11 is 2.37. The minimum atomic E-state index is 0.395. The van der Waals surface area contributed by atoms with Gasteiger partial charge in [-0.3, -0.25) is 0 Å². The van der Waals surface area contributed by atoms with Crippen molar-refractivity contribution in [2.75, 3.05) is 7.05 Å². The van der Waals surface area contributed by atoms with E-state index in [0.29, 0.717) is 17.6 Å². The zero-order chi connectivity index (χ0) is 13.3. The zero-order valence-corrected chi connectivity index (χ0v) is 13.7. The van der Waals surface area contributed by atoms with Crippen molar-refractivity contribution in [1.82, 2.24) is 5.32 Å². The van der Waals surface area contributed by atoms with Crippen molar-refractivity contribution in [3.05, 3.63) is 27.8 Å². The van der Waals surface area contributed by atoms with Crippen LogP contribution in [0.15, 0.2) is 24.3 Å². The van der Waals surface area contributed by atoms with Gasteiger partial charge in [0.15, 0.2) is 0 Å². The highest BCUT2D eigenvalue weighted by molar-refractivity contribution is 14.1. The lowest BCUT2D eigenvalue weighted by Gasteiger charge is -2.57. The summed E-state index contributed by atoms with van der Waals surface area (Å²) in [6, 6.07) is 9.02. The molecule has 1 N–H and O–H groups in total. The Morgan fingerprint density at radius 2 is 1.95 bits per heavy atom. The van der Waals surface area contributed by atoms with Crippen LogP contribution in [0.4, 0.5) is 0 Å². The Kier molecular flexibility index (Phi) is 4.03. The first-order valence-corrected chi connectivity index (χ1v) is 8.42. The van der Waals surface area contributed by atoms with E-state index in [1.165, 1.54) is 35.7 Å². The van der Waals surface area contributed by atoms with Crippen LogP contribution in [0.2, 0.25) is 0 Å². The summed E-state index contributed by atoms with van der Waals surface area (Å²) in [6.45, 7) is 0. The Morgan fingerprint density at radius 1 is 1.21 bits per heavy atom. The van der Waals surface area contributed by atoms with Gasteiger partial charge in [0.1, 0.15) is 11.9 Å². The monoisotopic (exact) mass is 371 g/mol. The van der Waals surface area contributed by atoms with Crippen LogP contribution in [0, 0.1) is 8.99 Å². The summed E-state index contributed by atoms with van der Waals surface area (Å²) in [5, 5.41) is 3.51. The maximum atomic E-state index is 6.36. The SMILES string of the molecule is CNC1CC(Oc2ccccc2I)C12CCCCC2. The molecule has 19 heavy (non-hydrogen) atoms. The van der Waals surface area contributed by atoms with Crippen LogP contribution in [-0.4, -0.2) is 19.2 Å². The molecule has 0 heterocycles. The second kappa shape index (κ2) is 5.60. The topological polar surface area (TPSA) is 21.3 Å². The first kappa shape index (κ1) is 13.7. The van der Waals surface area contributed by atoms with E-state index in [9.17, 15) is 0 Å². The average Bonchev–Trinajstić information content (AvgIpc) is 2.45. The number of nitrogens with one attached hydrogen (secondary N) is 1.